The maximum Gasteiger partial charge on any atom is 0.377 e. The molecule has 5 heteroatoms. The fourth-order valence-electron chi connectivity index (χ4n) is 2.11. The van der Waals surface area contributed by atoms with Gasteiger partial charge in [-0.25, -0.2) is 9.18 Å². The Kier molecular flexibility index (Phi) is 3.21. The number of carboxylic acid groups (broad SMARTS) is 1. The van der Waals surface area contributed by atoms with Crippen LogP contribution in [0.3, 0.4) is 0 Å². The van der Waals surface area contributed by atoms with Crippen molar-refractivity contribution >= 4 is 11.8 Å². The fourth-order valence-corrected chi connectivity index (χ4v) is 2.11. The van der Waals surface area contributed by atoms with Gasteiger partial charge in [0.1, 0.15) is 5.82 Å². The van der Waals surface area contributed by atoms with Crippen molar-refractivity contribution in [1.29, 1.82) is 0 Å². The normalized spacial score (nSPS) is 10.5. The van der Waals surface area contributed by atoms with Crippen molar-refractivity contribution in [3.05, 3.63) is 53.1 Å². The molecule has 1 N–H and O–H groups in total. The number of halogens is 1. The molecular formula is C14H12FNO3. The van der Waals surface area contributed by atoms with Gasteiger partial charge < -0.3 is 9.67 Å². The van der Waals surface area contributed by atoms with Crippen LogP contribution in [0.5, 0.6) is 0 Å². The maximum atomic E-state index is 13.8. The molecule has 0 aliphatic carbocycles. The molecule has 0 unspecified atom stereocenters. The highest BCUT2D eigenvalue weighted by Gasteiger charge is 2.22. The van der Waals surface area contributed by atoms with Gasteiger partial charge in [-0.05, 0) is 32.0 Å². The van der Waals surface area contributed by atoms with Gasteiger partial charge in [-0.2, -0.15) is 0 Å². The summed E-state index contributed by atoms with van der Waals surface area (Å²) in [5.41, 5.74) is 1.39. The largest absolute Gasteiger partial charge is 0.475 e. The Labute approximate surface area is 109 Å². The van der Waals surface area contributed by atoms with E-state index < -0.39 is 17.6 Å². The lowest BCUT2D eigenvalue weighted by atomic mass is 10.1. The number of nitrogens with zero attached hydrogens (tertiary/aromatic N) is 1. The molecule has 0 radical (unpaired) electrons. The molecule has 0 atom stereocenters. The lowest BCUT2D eigenvalue weighted by Crippen LogP contribution is -2.13. The number of ketones is 1. The van der Waals surface area contributed by atoms with Crippen molar-refractivity contribution in [1.82, 2.24) is 4.57 Å². The van der Waals surface area contributed by atoms with Crippen molar-refractivity contribution in [3.8, 4) is 5.69 Å². The number of hydrogen-bond donors (Lipinski definition) is 1. The summed E-state index contributed by atoms with van der Waals surface area (Å²) >= 11 is 0. The minimum absolute atomic E-state index is 0.0771. The van der Waals surface area contributed by atoms with Crippen molar-refractivity contribution in [2.45, 2.75) is 13.8 Å². The summed E-state index contributed by atoms with van der Waals surface area (Å²) in [5, 5.41) is 8.75. The highest BCUT2D eigenvalue weighted by atomic mass is 19.1. The van der Waals surface area contributed by atoms with E-state index in [9.17, 15) is 14.0 Å². The minimum Gasteiger partial charge on any atom is -0.475 e. The van der Waals surface area contributed by atoms with Crippen molar-refractivity contribution in [3.63, 3.8) is 0 Å². The molecule has 2 aromatic rings. The molecular weight excluding hydrogens is 249 g/mol. The second kappa shape index (κ2) is 4.68. The van der Waals surface area contributed by atoms with Crippen LogP contribution >= 0.6 is 0 Å². The predicted octanol–water partition coefficient (Wildman–Crippen LogP) is 2.50. The molecule has 2 rings (SSSR count). The molecule has 0 saturated carbocycles. The Bertz CT molecular complexity index is 673. The van der Waals surface area contributed by atoms with Gasteiger partial charge >= 0.3 is 5.97 Å². The number of rotatable bonds is 3. The maximum absolute atomic E-state index is 13.8. The van der Waals surface area contributed by atoms with Crippen LogP contribution in [0.4, 0.5) is 4.39 Å². The number of carboxylic acids is 1. The molecule has 1 aromatic heterocycles. The van der Waals surface area contributed by atoms with Gasteiger partial charge in [0.15, 0.2) is 0 Å². The van der Waals surface area contributed by atoms with Crippen LogP contribution in [0.1, 0.15) is 21.7 Å². The van der Waals surface area contributed by atoms with Crippen LogP contribution in [0, 0.1) is 19.7 Å². The SMILES string of the molecule is Cc1cc(C(=O)C(=O)O)c(C)n1-c1ccccc1F. The van der Waals surface area contributed by atoms with Crippen LogP contribution in [0.2, 0.25) is 0 Å². The number of carbonyl (C=O) groups is 2. The van der Waals surface area contributed by atoms with E-state index in [4.69, 9.17) is 5.11 Å². The van der Waals surface area contributed by atoms with E-state index in [-0.39, 0.29) is 5.56 Å². The Morgan fingerprint density at radius 2 is 1.84 bits per heavy atom. The summed E-state index contributed by atoms with van der Waals surface area (Å²) < 4.78 is 15.3. The number of aliphatic carboxylic acids is 1. The zero-order valence-corrected chi connectivity index (χ0v) is 10.5. The van der Waals surface area contributed by atoms with Gasteiger partial charge in [0.2, 0.25) is 0 Å². The molecule has 0 spiro atoms. The van der Waals surface area contributed by atoms with Gasteiger partial charge in [0.25, 0.3) is 5.78 Å². The summed E-state index contributed by atoms with van der Waals surface area (Å²) in [6.45, 7) is 3.29. The van der Waals surface area contributed by atoms with Crippen molar-refractivity contribution in [2.75, 3.05) is 0 Å². The van der Waals surface area contributed by atoms with Crippen molar-refractivity contribution < 1.29 is 19.1 Å². The monoisotopic (exact) mass is 261 g/mol. The summed E-state index contributed by atoms with van der Waals surface area (Å²) in [7, 11) is 0. The Hall–Kier alpha value is -2.43. The summed E-state index contributed by atoms with van der Waals surface area (Å²) in [5.74, 6) is -2.94. The first-order chi connectivity index (χ1) is 8.93. The molecule has 1 heterocycles. The first-order valence-electron chi connectivity index (χ1n) is 5.65. The van der Waals surface area contributed by atoms with Crippen LogP contribution in [-0.4, -0.2) is 21.4 Å². The first-order valence-corrected chi connectivity index (χ1v) is 5.65. The van der Waals surface area contributed by atoms with Crippen molar-refractivity contribution in [2.24, 2.45) is 0 Å². The second-order valence-corrected chi connectivity index (χ2v) is 4.21. The second-order valence-electron chi connectivity index (χ2n) is 4.21. The number of carbonyl (C=O) groups excluding carboxylic acids is 1. The van der Waals surface area contributed by atoms with Gasteiger partial charge in [0.05, 0.1) is 11.3 Å². The third kappa shape index (κ3) is 2.14. The molecule has 0 aliphatic rings. The van der Waals surface area contributed by atoms with E-state index in [1.807, 2.05) is 0 Å². The van der Waals surface area contributed by atoms with E-state index in [0.29, 0.717) is 17.1 Å². The first kappa shape index (κ1) is 13.0. The molecule has 19 heavy (non-hydrogen) atoms. The van der Waals surface area contributed by atoms with Gasteiger partial charge in [-0.15, -0.1) is 0 Å². The van der Waals surface area contributed by atoms with Crippen LogP contribution < -0.4 is 0 Å². The third-order valence-corrected chi connectivity index (χ3v) is 2.96. The number of aryl methyl sites for hydroxylation is 1. The standard InChI is InChI=1S/C14H12FNO3/c1-8-7-10(13(17)14(18)19)9(2)16(8)12-6-4-3-5-11(12)15/h3-7H,1-2H3,(H,18,19). The fraction of sp³-hybridized carbons (Fsp3) is 0.143. The number of hydrogen-bond acceptors (Lipinski definition) is 2. The topological polar surface area (TPSA) is 59.3 Å². The van der Waals surface area contributed by atoms with E-state index in [1.54, 1.807) is 32.0 Å². The molecule has 0 amide bonds. The number of aromatic nitrogens is 1. The van der Waals surface area contributed by atoms with Crippen LogP contribution in [-0.2, 0) is 4.79 Å². The lowest BCUT2D eigenvalue weighted by molar-refractivity contribution is -0.131. The smallest absolute Gasteiger partial charge is 0.377 e. The number of para-hydroxylation sites is 1. The summed E-state index contributed by atoms with van der Waals surface area (Å²) in [6, 6.07) is 7.59. The van der Waals surface area contributed by atoms with E-state index in [1.165, 1.54) is 16.7 Å². The predicted molar refractivity (Wildman–Crippen MR) is 67.2 cm³/mol. The Balaban J connectivity index is 2.64. The number of benzene rings is 1. The molecule has 0 bridgehead atoms. The van der Waals surface area contributed by atoms with Gasteiger partial charge in [-0.3, -0.25) is 4.79 Å². The third-order valence-electron chi connectivity index (χ3n) is 2.96. The van der Waals surface area contributed by atoms with Gasteiger partial charge in [-0.1, -0.05) is 12.1 Å². The summed E-state index contributed by atoms with van der Waals surface area (Å²) in [4.78, 5) is 22.3. The molecule has 0 fully saturated rings. The zero-order chi connectivity index (χ0) is 14.2. The highest BCUT2D eigenvalue weighted by Crippen LogP contribution is 2.23. The molecule has 1 aromatic carbocycles. The average Bonchev–Trinajstić information content (AvgIpc) is 2.65. The zero-order valence-electron chi connectivity index (χ0n) is 10.5. The molecule has 0 saturated heterocycles. The van der Waals surface area contributed by atoms with E-state index in [2.05, 4.69) is 0 Å². The highest BCUT2D eigenvalue weighted by molar-refractivity contribution is 6.40. The lowest BCUT2D eigenvalue weighted by Gasteiger charge is -2.10. The van der Waals surface area contributed by atoms with E-state index in [0.717, 1.165) is 0 Å². The average molecular weight is 261 g/mol. The molecule has 0 aliphatic heterocycles. The Morgan fingerprint density at radius 1 is 1.21 bits per heavy atom. The summed E-state index contributed by atoms with van der Waals surface area (Å²) in [6.07, 6.45) is 0. The van der Waals surface area contributed by atoms with Gasteiger partial charge in [0, 0.05) is 11.4 Å². The van der Waals surface area contributed by atoms with Crippen LogP contribution in [0.15, 0.2) is 30.3 Å². The minimum atomic E-state index is -1.52. The quantitative estimate of drug-likeness (QED) is 0.682. The van der Waals surface area contributed by atoms with Crippen LogP contribution in [0.25, 0.3) is 5.69 Å². The molecule has 98 valence electrons. The Morgan fingerprint density at radius 3 is 2.42 bits per heavy atom. The number of Topliss-reactive ketones (excluding diaryl/α,β-unsaturated/α-hetero) is 1. The van der Waals surface area contributed by atoms with E-state index >= 15 is 0 Å². The molecule has 4 nitrogen and oxygen atoms in total.